The van der Waals surface area contributed by atoms with Crippen molar-refractivity contribution in [1.29, 1.82) is 0 Å². The molecule has 0 radical (unpaired) electrons. The molecule has 1 saturated heterocycles. The molecule has 8 heteroatoms. The molecule has 1 aliphatic rings. The molecule has 0 atom stereocenters. The second-order valence-corrected chi connectivity index (χ2v) is 8.51. The summed E-state index contributed by atoms with van der Waals surface area (Å²) in [6.45, 7) is 3.31. The molecule has 0 spiro atoms. The molecule has 1 amide bonds. The Morgan fingerprint density at radius 3 is 2.41 bits per heavy atom. The Bertz CT molecular complexity index is 939. The van der Waals surface area contributed by atoms with Gasteiger partial charge in [0.25, 0.3) is 5.91 Å². The summed E-state index contributed by atoms with van der Waals surface area (Å²) in [7, 11) is -2.00. The van der Waals surface area contributed by atoms with E-state index in [9.17, 15) is 13.2 Å². The van der Waals surface area contributed by atoms with E-state index in [0.29, 0.717) is 49.6 Å². The number of sulfonamides is 1. The van der Waals surface area contributed by atoms with E-state index in [1.807, 2.05) is 6.92 Å². The smallest absolute Gasteiger partial charge is 0.253 e. The third-order valence-corrected chi connectivity index (χ3v) is 6.40. The van der Waals surface area contributed by atoms with Gasteiger partial charge in [0.15, 0.2) is 11.5 Å². The summed E-state index contributed by atoms with van der Waals surface area (Å²) in [6, 6.07) is 13.2. The highest BCUT2D eigenvalue weighted by Gasteiger charge is 2.27. The number of amides is 1. The molecule has 1 N–H and O–H groups in total. The molecule has 2 aromatic rings. The van der Waals surface area contributed by atoms with Gasteiger partial charge in [0, 0.05) is 24.7 Å². The van der Waals surface area contributed by atoms with E-state index < -0.39 is 10.0 Å². The van der Waals surface area contributed by atoms with Crippen LogP contribution in [-0.2, 0) is 10.0 Å². The summed E-state index contributed by atoms with van der Waals surface area (Å²) in [5, 5.41) is 0. The fraction of sp³-hybridized carbons (Fsp3) is 0.381. The van der Waals surface area contributed by atoms with Crippen molar-refractivity contribution in [2.24, 2.45) is 0 Å². The minimum Gasteiger partial charge on any atom is -0.493 e. The summed E-state index contributed by atoms with van der Waals surface area (Å²) in [6.07, 6.45) is 1.12. The Kier molecular flexibility index (Phi) is 6.76. The molecule has 3 rings (SSSR count). The molecule has 1 heterocycles. The van der Waals surface area contributed by atoms with Gasteiger partial charge in [0.2, 0.25) is 10.0 Å². The Morgan fingerprint density at radius 1 is 1.10 bits per heavy atom. The average molecular weight is 419 g/mol. The summed E-state index contributed by atoms with van der Waals surface area (Å²) in [4.78, 5) is 14.9. The zero-order valence-corrected chi connectivity index (χ0v) is 17.4. The first-order valence-corrected chi connectivity index (χ1v) is 11.1. The van der Waals surface area contributed by atoms with Gasteiger partial charge < -0.3 is 14.4 Å². The second kappa shape index (κ2) is 9.28. The lowest BCUT2D eigenvalue weighted by Crippen LogP contribution is -2.46. The molecular weight excluding hydrogens is 392 g/mol. The van der Waals surface area contributed by atoms with Gasteiger partial charge in [0.1, 0.15) is 0 Å². The van der Waals surface area contributed by atoms with Crippen LogP contribution in [0.1, 0.15) is 30.1 Å². The van der Waals surface area contributed by atoms with Crippen molar-refractivity contribution in [3.05, 3.63) is 54.1 Å². The molecule has 0 bridgehead atoms. The molecule has 1 aliphatic heterocycles. The van der Waals surface area contributed by atoms with Gasteiger partial charge in [-0.15, -0.1) is 0 Å². The number of ether oxygens (including phenoxy) is 2. The Labute approximate surface area is 171 Å². The Balaban J connectivity index is 1.62. The van der Waals surface area contributed by atoms with Crippen LogP contribution < -0.4 is 14.2 Å². The number of piperidine rings is 1. The molecular formula is C21H26N2O5S. The Morgan fingerprint density at radius 2 is 1.79 bits per heavy atom. The van der Waals surface area contributed by atoms with E-state index in [2.05, 4.69) is 4.72 Å². The number of hydrogen-bond acceptors (Lipinski definition) is 5. The number of benzene rings is 2. The van der Waals surface area contributed by atoms with Crippen molar-refractivity contribution in [3.63, 3.8) is 0 Å². The largest absolute Gasteiger partial charge is 0.493 e. The summed E-state index contributed by atoms with van der Waals surface area (Å²) in [5.74, 6) is 1.02. The van der Waals surface area contributed by atoms with Gasteiger partial charge in [-0.3, -0.25) is 4.79 Å². The van der Waals surface area contributed by atoms with Crippen LogP contribution in [0.3, 0.4) is 0 Å². The molecule has 0 unspecified atom stereocenters. The fourth-order valence-corrected chi connectivity index (χ4v) is 4.67. The van der Waals surface area contributed by atoms with Crippen molar-refractivity contribution < 1.29 is 22.7 Å². The number of nitrogens with zero attached hydrogens (tertiary/aromatic N) is 1. The van der Waals surface area contributed by atoms with Crippen LogP contribution in [0.4, 0.5) is 0 Å². The van der Waals surface area contributed by atoms with Crippen molar-refractivity contribution in [1.82, 2.24) is 9.62 Å². The van der Waals surface area contributed by atoms with Gasteiger partial charge in [-0.25, -0.2) is 13.1 Å². The monoisotopic (exact) mass is 418 g/mol. The maximum absolute atomic E-state index is 12.9. The number of nitrogens with one attached hydrogen (secondary N) is 1. The number of methoxy groups -OCH3 is 1. The molecule has 29 heavy (non-hydrogen) atoms. The quantitative estimate of drug-likeness (QED) is 0.747. The predicted molar refractivity (Wildman–Crippen MR) is 110 cm³/mol. The van der Waals surface area contributed by atoms with Gasteiger partial charge in [-0.2, -0.15) is 0 Å². The van der Waals surface area contributed by atoms with Gasteiger partial charge >= 0.3 is 0 Å². The van der Waals surface area contributed by atoms with Gasteiger partial charge in [0.05, 0.1) is 18.6 Å². The molecule has 0 saturated carbocycles. The molecule has 0 aromatic heterocycles. The fourth-order valence-electron chi connectivity index (χ4n) is 3.35. The first kappa shape index (κ1) is 21.1. The number of rotatable bonds is 7. The average Bonchev–Trinajstić information content (AvgIpc) is 2.74. The SMILES string of the molecule is CCOc1cc(C(=O)N2CCC(NS(=O)(=O)c3ccccc3)CC2)ccc1OC. The van der Waals surface area contributed by atoms with E-state index in [4.69, 9.17) is 9.47 Å². The minimum absolute atomic E-state index is 0.0991. The molecule has 7 nitrogen and oxygen atoms in total. The van der Waals surface area contributed by atoms with Gasteiger partial charge in [-0.05, 0) is 50.1 Å². The number of carbonyl (C=O) groups excluding carboxylic acids is 1. The van der Waals surface area contributed by atoms with Crippen molar-refractivity contribution >= 4 is 15.9 Å². The van der Waals surface area contributed by atoms with E-state index in [0.717, 1.165) is 0 Å². The molecule has 2 aromatic carbocycles. The summed E-state index contributed by atoms with van der Waals surface area (Å²) < 4.78 is 38.5. The summed E-state index contributed by atoms with van der Waals surface area (Å²) >= 11 is 0. The molecule has 1 fully saturated rings. The zero-order valence-electron chi connectivity index (χ0n) is 16.6. The van der Waals surface area contributed by atoms with E-state index in [-0.39, 0.29) is 16.8 Å². The van der Waals surface area contributed by atoms with Crippen LogP contribution in [0.2, 0.25) is 0 Å². The normalized spacial score (nSPS) is 15.2. The lowest BCUT2D eigenvalue weighted by molar-refractivity contribution is 0.0710. The number of carbonyl (C=O) groups is 1. The third-order valence-electron chi connectivity index (χ3n) is 4.87. The maximum atomic E-state index is 12.9. The minimum atomic E-state index is -3.55. The van der Waals surface area contributed by atoms with Crippen LogP contribution in [-0.4, -0.2) is 52.1 Å². The molecule has 0 aliphatic carbocycles. The highest BCUT2D eigenvalue weighted by atomic mass is 32.2. The van der Waals surface area contributed by atoms with E-state index >= 15 is 0 Å². The summed E-state index contributed by atoms with van der Waals surface area (Å²) in [5.41, 5.74) is 0.526. The maximum Gasteiger partial charge on any atom is 0.253 e. The zero-order chi connectivity index (χ0) is 20.9. The van der Waals surface area contributed by atoms with E-state index in [1.54, 1.807) is 60.5 Å². The lowest BCUT2D eigenvalue weighted by Gasteiger charge is -2.32. The topological polar surface area (TPSA) is 84.9 Å². The van der Waals surface area contributed by atoms with Crippen LogP contribution in [0.25, 0.3) is 0 Å². The van der Waals surface area contributed by atoms with E-state index in [1.165, 1.54) is 0 Å². The first-order chi connectivity index (χ1) is 13.9. The molecule has 156 valence electrons. The van der Waals surface area contributed by atoms with Crippen LogP contribution in [0, 0.1) is 0 Å². The van der Waals surface area contributed by atoms with Crippen LogP contribution in [0.5, 0.6) is 11.5 Å². The van der Waals surface area contributed by atoms with Crippen LogP contribution in [0.15, 0.2) is 53.4 Å². The first-order valence-electron chi connectivity index (χ1n) is 9.62. The third kappa shape index (κ3) is 5.07. The standard InChI is InChI=1S/C21H26N2O5S/c1-3-28-20-15-16(9-10-19(20)27-2)21(24)23-13-11-17(12-14-23)22-29(25,26)18-7-5-4-6-8-18/h4-10,15,17,22H,3,11-14H2,1-2H3. The van der Waals surface area contributed by atoms with Crippen molar-refractivity contribution in [2.45, 2.75) is 30.7 Å². The van der Waals surface area contributed by atoms with Crippen molar-refractivity contribution in [2.75, 3.05) is 26.8 Å². The highest BCUT2D eigenvalue weighted by Crippen LogP contribution is 2.29. The number of hydrogen-bond donors (Lipinski definition) is 1. The van der Waals surface area contributed by atoms with Crippen LogP contribution >= 0.6 is 0 Å². The number of likely N-dealkylation sites (tertiary alicyclic amines) is 1. The lowest BCUT2D eigenvalue weighted by atomic mass is 10.0. The highest BCUT2D eigenvalue weighted by molar-refractivity contribution is 7.89. The van der Waals surface area contributed by atoms with Gasteiger partial charge in [-0.1, -0.05) is 18.2 Å². The second-order valence-electron chi connectivity index (χ2n) is 6.80. The van der Waals surface area contributed by atoms with Crippen molar-refractivity contribution in [3.8, 4) is 11.5 Å². The predicted octanol–water partition coefficient (Wildman–Crippen LogP) is 2.68. The Hall–Kier alpha value is -2.58.